The molecule has 1 aromatic rings. The molecule has 0 saturated carbocycles. The number of aliphatic hydroxyl groups is 2. The molecule has 0 fully saturated rings. The number of hydrogen-bond donors (Lipinski definition) is 3. The summed E-state index contributed by atoms with van der Waals surface area (Å²) >= 11 is 9.35. The van der Waals surface area contributed by atoms with Crippen LogP contribution in [0.4, 0.5) is 5.69 Å². The lowest BCUT2D eigenvalue weighted by molar-refractivity contribution is 0.105. The van der Waals surface area contributed by atoms with Gasteiger partial charge in [-0.1, -0.05) is 11.6 Å². The topological polar surface area (TPSA) is 52.5 Å². The lowest BCUT2D eigenvalue weighted by Gasteiger charge is -2.12. The Morgan fingerprint density at radius 2 is 2.20 bits per heavy atom. The van der Waals surface area contributed by atoms with Crippen molar-refractivity contribution in [3.05, 3.63) is 27.2 Å². The summed E-state index contributed by atoms with van der Waals surface area (Å²) < 4.78 is 0.884. The van der Waals surface area contributed by atoms with Crippen LogP contribution >= 0.6 is 27.5 Å². The minimum absolute atomic E-state index is 0.260. The maximum absolute atomic E-state index is 9.17. The first-order chi connectivity index (χ1) is 7.04. The SMILES string of the molecule is Cc1cc(Br)c(NC[C@H](O)CO)cc1Cl. The van der Waals surface area contributed by atoms with E-state index in [4.69, 9.17) is 16.7 Å². The van der Waals surface area contributed by atoms with E-state index in [1.807, 2.05) is 13.0 Å². The van der Waals surface area contributed by atoms with E-state index in [2.05, 4.69) is 21.2 Å². The summed E-state index contributed by atoms with van der Waals surface area (Å²) in [5.41, 5.74) is 1.79. The van der Waals surface area contributed by atoms with Crippen LogP contribution in [0.2, 0.25) is 5.02 Å². The number of anilines is 1. The van der Waals surface area contributed by atoms with Crippen molar-refractivity contribution < 1.29 is 10.2 Å². The summed E-state index contributed by atoms with van der Waals surface area (Å²) in [5, 5.41) is 21.5. The summed E-state index contributed by atoms with van der Waals surface area (Å²) in [5.74, 6) is 0. The van der Waals surface area contributed by atoms with Crippen molar-refractivity contribution in [2.45, 2.75) is 13.0 Å². The van der Waals surface area contributed by atoms with E-state index in [0.717, 1.165) is 15.7 Å². The fourth-order valence-electron chi connectivity index (χ4n) is 1.07. The first-order valence-corrected chi connectivity index (χ1v) is 5.70. The fourth-order valence-corrected chi connectivity index (χ4v) is 1.84. The van der Waals surface area contributed by atoms with Crippen LogP contribution in [0.15, 0.2) is 16.6 Å². The van der Waals surface area contributed by atoms with Gasteiger partial charge in [-0.3, -0.25) is 0 Å². The standard InChI is InChI=1S/C10H13BrClNO2/c1-6-2-8(11)10(3-9(6)12)13-4-7(15)5-14/h2-3,7,13-15H,4-5H2,1H3/t7-/m0/s1. The van der Waals surface area contributed by atoms with Crippen LogP contribution in [-0.4, -0.2) is 29.5 Å². The number of aryl methyl sites for hydroxylation is 1. The second-order valence-corrected chi connectivity index (χ2v) is 4.56. The van der Waals surface area contributed by atoms with Gasteiger partial charge in [0.1, 0.15) is 0 Å². The van der Waals surface area contributed by atoms with Crippen molar-refractivity contribution in [1.82, 2.24) is 0 Å². The molecule has 0 heterocycles. The molecular formula is C10H13BrClNO2. The van der Waals surface area contributed by atoms with Crippen molar-refractivity contribution in [2.75, 3.05) is 18.5 Å². The number of rotatable bonds is 4. The van der Waals surface area contributed by atoms with Gasteiger partial charge in [0.25, 0.3) is 0 Å². The van der Waals surface area contributed by atoms with Crippen LogP contribution in [0.5, 0.6) is 0 Å². The van der Waals surface area contributed by atoms with Crippen molar-refractivity contribution in [3.8, 4) is 0 Å². The van der Waals surface area contributed by atoms with Gasteiger partial charge in [-0.15, -0.1) is 0 Å². The summed E-state index contributed by atoms with van der Waals surface area (Å²) in [7, 11) is 0. The molecule has 0 radical (unpaired) electrons. The van der Waals surface area contributed by atoms with Crippen LogP contribution in [0.1, 0.15) is 5.56 Å². The monoisotopic (exact) mass is 293 g/mol. The summed E-state index contributed by atoms with van der Waals surface area (Å²) in [6, 6.07) is 3.68. The molecule has 15 heavy (non-hydrogen) atoms. The molecule has 1 atom stereocenters. The molecule has 0 aliphatic rings. The smallest absolute Gasteiger partial charge is 0.0942 e. The van der Waals surface area contributed by atoms with E-state index in [1.165, 1.54) is 0 Å². The third kappa shape index (κ3) is 3.65. The second kappa shape index (κ2) is 5.70. The van der Waals surface area contributed by atoms with Gasteiger partial charge in [0.05, 0.1) is 18.4 Å². The quantitative estimate of drug-likeness (QED) is 0.798. The number of hydrogen-bond acceptors (Lipinski definition) is 3. The van der Waals surface area contributed by atoms with E-state index in [-0.39, 0.29) is 13.2 Å². The van der Waals surface area contributed by atoms with Gasteiger partial charge in [-0.05, 0) is 40.5 Å². The van der Waals surface area contributed by atoms with Gasteiger partial charge >= 0.3 is 0 Å². The molecule has 0 unspecified atom stereocenters. The van der Waals surface area contributed by atoms with Gasteiger partial charge in [0.15, 0.2) is 0 Å². The Morgan fingerprint density at radius 3 is 2.80 bits per heavy atom. The third-order valence-corrected chi connectivity index (χ3v) is 3.05. The Hall–Kier alpha value is -0.290. The van der Waals surface area contributed by atoms with Gasteiger partial charge in [0, 0.05) is 16.0 Å². The second-order valence-electron chi connectivity index (χ2n) is 3.30. The summed E-state index contributed by atoms with van der Waals surface area (Å²) in [6.07, 6.45) is -0.767. The fraction of sp³-hybridized carbons (Fsp3) is 0.400. The predicted octanol–water partition coefficient (Wildman–Crippen LogP) is 2.18. The maximum atomic E-state index is 9.17. The molecule has 84 valence electrons. The largest absolute Gasteiger partial charge is 0.394 e. The normalized spacial score (nSPS) is 12.6. The van der Waals surface area contributed by atoms with Crippen LogP contribution in [0, 0.1) is 6.92 Å². The van der Waals surface area contributed by atoms with E-state index < -0.39 is 6.10 Å². The highest BCUT2D eigenvalue weighted by Crippen LogP contribution is 2.28. The van der Waals surface area contributed by atoms with Gasteiger partial charge in [-0.2, -0.15) is 0 Å². The highest BCUT2D eigenvalue weighted by molar-refractivity contribution is 9.10. The van der Waals surface area contributed by atoms with Crippen LogP contribution in [0.25, 0.3) is 0 Å². The Bertz CT molecular complexity index is 346. The zero-order valence-corrected chi connectivity index (χ0v) is 10.6. The average molecular weight is 295 g/mol. The summed E-state index contributed by atoms with van der Waals surface area (Å²) in [6.45, 7) is 1.94. The Balaban J connectivity index is 2.73. The molecule has 3 N–H and O–H groups in total. The van der Waals surface area contributed by atoms with Crippen LogP contribution in [-0.2, 0) is 0 Å². The highest BCUT2D eigenvalue weighted by Gasteiger charge is 2.06. The van der Waals surface area contributed by atoms with E-state index in [9.17, 15) is 5.11 Å². The molecule has 0 aliphatic carbocycles. The van der Waals surface area contributed by atoms with E-state index in [0.29, 0.717) is 5.02 Å². The Morgan fingerprint density at radius 1 is 1.53 bits per heavy atom. The molecule has 0 aliphatic heterocycles. The van der Waals surface area contributed by atoms with E-state index >= 15 is 0 Å². The average Bonchev–Trinajstić information content (AvgIpc) is 2.21. The number of aliphatic hydroxyl groups excluding tert-OH is 2. The number of nitrogens with one attached hydrogen (secondary N) is 1. The maximum Gasteiger partial charge on any atom is 0.0942 e. The molecule has 1 aromatic carbocycles. The van der Waals surface area contributed by atoms with Crippen molar-refractivity contribution in [3.63, 3.8) is 0 Å². The lowest BCUT2D eigenvalue weighted by Crippen LogP contribution is -2.23. The van der Waals surface area contributed by atoms with Crippen molar-refractivity contribution in [2.24, 2.45) is 0 Å². The molecule has 0 spiro atoms. The zero-order chi connectivity index (χ0) is 11.4. The Labute approximate surface area is 102 Å². The van der Waals surface area contributed by atoms with Crippen LogP contribution in [0.3, 0.4) is 0 Å². The highest BCUT2D eigenvalue weighted by atomic mass is 79.9. The minimum atomic E-state index is -0.767. The molecule has 0 aromatic heterocycles. The zero-order valence-electron chi connectivity index (χ0n) is 8.30. The number of halogens is 2. The van der Waals surface area contributed by atoms with E-state index in [1.54, 1.807) is 6.07 Å². The minimum Gasteiger partial charge on any atom is -0.394 e. The molecular weight excluding hydrogens is 281 g/mol. The molecule has 0 amide bonds. The van der Waals surface area contributed by atoms with Crippen molar-refractivity contribution in [1.29, 1.82) is 0 Å². The van der Waals surface area contributed by atoms with Gasteiger partial charge in [-0.25, -0.2) is 0 Å². The molecule has 5 heteroatoms. The molecule has 3 nitrogen and oxygen atoms in total. The molecule has 0 saturated heterocycles. The Kier molecular flexibility index (Phi) is 4.86. The third-order valence-electron chi connectivity index (χ3n) is 1.99. The number of benzene rings is 1. The first-order valence-electron chi connectivity index (χ1n) is 4.53. The van der Waals surface area contributed by atoms with Crippen molar-refractivity contribution >= 4 is 33.2 Å². The summed E-state index contributed by atoms with van der Waals surface area (Å²) in [4.78, 5) is 0. The van der Waals surface area contributed by atoms with Gasteiger partial charge in [0.2, 0.25) is 0 Å². The predicted molar refractivity (Wildman–Crippen MR) is 65.5 cm³/mol. The lowest BCUT2D eigenvalue weighted by atomic mass is 10.2. The van der Waals surface area contributed by atoms with Gasteiger partial charge < -0.3 is 15.5 Å². The first kappa shape index (κ1) is 12.8. The molecule has 1 rings (SSSR count). The molecule has 0 bridgehead atoms. The van der Waals surface area contributed by atoms with Crippen LogP contribution < -0.4 is 5.32 Å².